The number of piperidine rings is 1. The molecule has 0 radical (unpaired) electrons. The van der Waals surface area contributed by atoms with Crippen LogP contribution in [-0.2, 0) is 66.7 Å². The summed E-state index contributed by atoms with van der Waals surface area (Å²) in [6.07, 6.45) is 8.39. The van der Waals surface area contributed by atoms with Crippen LogP contribution in [0.5, 0.6) is 0 Å². The summed E-state index contributed by atoms with van der Waals surface area (Å²) in [5.41, 5.74) is -2.20. The Balaban J connectivity index is 1.80. The lowest BCUT2D eigenvalue weighted by molar-refractivity contribution is -0.265. The number of nitrogens with zero attached hydrogens (tertiary/aromatic N) is 1. The van der Waals surface area contributed by atoms with E-state index in [0.29, 0.717) is 57.8 Å². The predicted molar refractivity (Wildman–Crippen MR) is 297 cm³/mol. The van der Waals surface area contributed by atoms with Crippen molar-refractivity contribution in [1.82, 2.24) is 4.90 Å². The molecule has 0 aromatic carbocycles. The Kier molecular flexibility index (Phi) is 26.7. The zero-order valence-corrected chi connectivity index (χ0v) is 50.0. The first kappa shape index (κ1) is 69.0. The van der Waals surface area contributed by atoms with Crippen LogP contribution in [0.1, 0.15) is 139 Å². The van der Waals surface area contributed by atoms with Crippen molar-refractivity contribution in [3.05, 3.63) is 47.6 Å². The number of cyclic esters (lactones) is 1. The van der Waals surface area contributed by atoms with E-state index in [-0.39, 0.29) is 43.2 Å². The molecule has 3 aliphatic heterocycles. The average molecular weight is 1150 g/mol. The summed E-state index contributed by atoms with van der Waals surface area (Å²) in [5, 5.41) is 52.1. The smallest absolute Gasteiger partial charge is 0.329 e. The summed E-state index contributed by atoms with van der Waals surface area (Å²) in [5.74, 6) is -11.4. The van der Waals surface area contributed by atoms with Crippen LogP contribution in [-0.4, -0.2) is 180 Å². The number of hydrogen-bond acceptors (Lipinski definition) is 19. The fraction of sp³-hybridized carbons (Fsp3) is 0.754. The maximum atomic E-state index is 14.7. The van der Waals surface area contributed by atoms with Crippen LogP contribution in [0.15, 0.2) is 47.6 Å². The first-order valence-electron chi connectivity index (χ1n) is 28.9. The average Bonchev–Trinajstić information content (AvgIpc) is 3.46. The predicted octanol–water partition coefficient (Wildman–Crippen LogP) is 5.26. The lowest BCUT2D eigenvalue weighted by Gasteiger charge is -2.42. The van der Waals surface area contributed by atoms with Crippen LogP contribution >= 0.6 is 0 Å². The zero-order chi connectivity index (χ0) is 60.6. The first-order chi connectivity index (χ1) is 38.2. The summed E-state index contributed by atoms with van der Waals surface area (Å²) in [6.45, 7) is 12.1. The lowest BCUT2D eigenvalue weighted by Crippen LogP contribution is -2.61. The number of carbonyl (C=O) groups excluding carboxylic acids is 7. The fourth-order valence-electron chi connectivity index (χ4n) is 11.3. The molecular weight excluding hydrogens is 1050 g/mol. The number of amides is 1. The van der Waals surface area contributed by atoms with E-state index < -0.39 is 157 Å². The molecule has 3 heterocycles. The second kappa shape index (κ2) is 31.4. The fourth-order valence-corrected chi connectivity index (χ4v) is 11.3. The Morgan fingerprint density at radius 1 is 0.753 bits per heavy atom. The van der Waals surface area contributed by atoms with E-state index in [1.54, 1.807) is 34.8 Å². The highest BCUT2D eigenvalue weighted by atomic mass is 16.6. The van der Waals surface area contributed by atoms with Crippen LogP contribution in [0.25, 0.3) is 0 Å². The van der Waals surface area contributed by atoms with E-state index in [4.69, 9.17) is 33.2 Å². The number of methoxy groups -OCH3 is 3. The number of fused-ring (bicyclic) bond motifs is 3. The number of ether oxygens (including phenoxy) is 7. The molecule has 4 rings (SSSR count). The number of carbonyl (C=O) groups is 7. The van der Waals surface area contributed by atoms with Gasteiger partial charge in [0, 0.05) is 58.5 Å². The number of aliphatic hydroxyl groups is 5. The van der Waals surface area contributed by atoms with Crippen LogP contribution < -0.4 is 0 Å². The maximum absolute atomic E-state index is 14.7. The number of aliphatic hydroxyl groups excluding tert-OH is 4. The van der Waals surface area contributed by atoms with Crippen molar-refractivity contribution in [2.45, 2.75) is 194 Å². The van der Waals surface area contributed by atoms with Crippen LogP contribution in [0.2, 0.25) is 0 Å². The molecule has 458 valence electrons. The quantitative estimate of drug-likeness (QED) is 0.0641. The minimum absolute atomic E-state index is 0.00305. The first-order valence-corrected chi connectivity index (χ1v) is 28.9. The third-order valence-electron chi connectivity index (χ3n) is 17.3. The second-order valence-corrected chi connectivity index (χ2v) is 24.1. The van der Waals surface area contributed by atoms with Crippen molar-refractivity contribution in [2.75, 3.05) is 54.3 Å². The Morgan fingerprint density at radius 3 is 2.00 bits per heavy atom. The van der Waals surface area contributed by atoms with E-state index in [2.05, 4.69) is 0 Å². The van der Waals surface area contributed by atoms with Gasteiger partial charge in [-0.15, -0.1) is 0 Å². The lowest BCUT2D eigenvalue weighted by atomic mass is 9.78. The highest BCUT2D eigenvalue weighted by molar-refractivity contribution is 6.39. The molecule has 4 aliphatic rings. The van der Waals surface area contributed by atoms with Gasteiger partial charge in [0.2, 0.25) is 5.79 Å². The molecule has 0 unspecified atom stereocenters. The Labute approximate surface area is 479 Å². The maximum Gasteiger partial charge on any atom is 0.329 e. The molecule has 0 aromatic rings. The van der Waals surface area contributed by atoms with Gasteiger partial charge in [0.05, 0.1) is 44.7 Å². The van der Waals surface area contributed by atoms with Crippen molar-refractivity contribution >= 4 is 41.2 Å². The van der Waals surface area contributed by atoms with Gasteiger partial charge in [-0.05, 0) is 121 Å². The normalized spacial score (nSPS) is 33.0. The van der Waals surface area contributed by atoms with Crippen LogP contribution in [0.4, 0.5) is 0 Å². The molecule has 20 nitrogen and oxygen atoms in total. The third kappa shape index (κ3) is 17.8. The molecule has 2 saturated heterocycles. The van der Waals surface area contributed by atoms with Crippen molar-refractivity contribution in [2.24, 2.45) is 46.3 Å². The van der Waals surface area contributed by atoms with Crippen LogP contribution in [0.3, 0.4) is 0 Å². The molecule has 5 N–H and O–H groups in total. The number of rotatable bonds is 14. The van der Waals surface area contributed by atoms with Crippen molar-refractivity contribution in [3.63, 3.8) is 0 Å². The van der Waals surface area contributed by atoms with Gasteiger partial charge in [-0.3, -0.25) is 28.8 Å². The summed E-state index contributed by atoms with van der Waals surface area (Å²) in [4.78, 5) is 101. The highest BCUT2D eigenvalue weighted by Gasteiger charge is 2.53. The molecule has 2 bridgehead atoms. The van der Waals surface area contributed by atoms with Gasteiger partial charge in [0.25, 0.3) is 11.7 Å². The van der Waals surface area contributed by atoms with Crippen LogP contribution in [0, 0.1) is 46.3 Å². The molecule has 1 amide bonds. The molecule has 15 atom stereocenters. The molecule has 81 heavy (non-hydrogen) atoms. The third-order valence-corrected chi connectivity index (χ3v) is 17.3. The van der Waals surface area contributed by atoms with Crippen molar-refractivity contribution in [3.8, 4) is 0 Å². The van der Waals surface area contributed by atoms with Gasteiger partial charge < -0.3 is 63.6 Å². The zero-order valence-electron chi connectivity index (χ0n) is 50.0. The van der Waals surface area contributed by atoms with E-state index in [1.807, 2.05) is 51.2 Å². The standard InChI is InChI=1S/C61H95NO19/c1-36-18-14-13-15-19-37(2)48(75-10)30-44-23-21-42(7)61(74,81-44)54(69)55(70)62-25-17-16-20-45(62)56(71)78-49(39(4)28-43-22-24-47(50(29-43)76-11)79-57(72)59(8,32-63)33-64)31-46(67)38(3)27-41(6)52(53(77-12)51(68)40(5)26-36)80-58(73)60(9,34-65)35-66/h13-15,18-19,27,36,38-40,42-45,47-50,52-53,63-66,74H,16-17,20-26,28-35H2,1-12H3/t36-,38-,39-,40-,42-,43+,44+,45+,47-,48+,49+,50-,52-,53+,61-/m1/s1. The summed E-state index contributed by atoms with van der Waals surface area (Å²) < 4.78 is 41.8. The van der Waals surface area contributed by atoms with E-state index in [0.717, 1.165) is 10.5 Å². The highest BCUT2D eigenvalue weighted by Crippen LogP contribution is 2.39. The summed E-state index contributed by atoms with van der Waals surface area (Å²) in [6, 6.07) is -1.26. The Hall–Kier alpha value is -4.51. The van der Waals surface area contributed by atoms with Gasteiger partial charge in [-0.25, -0.2) is 4.79 Å². The summed E-state index contributed by atoms with van der Waals surface area (Å²) >= 11 is 0. The molecule has 20 heteroatoms. The van der Waals surface area contributed by atoms with E-state index in [9.17, 15) is 59.1 Å². The summed E-state index contributed by atoms with van der Waals surface area (Å²) in [7, 11) is 4.33. The molecule has 0 aromatic heterocycles. The van der Waals surface area contributed by atoms with Gasteiger partial charge >= 0.3 is 17.9 Å². The molecular formula is C61H95NO19. The van der Waals surface area contributed by atoms with Crippen molar-refractivity contribution in [1.29, 1.82) is 0 Å². The topological polar surface area (TPSA) is 288 Å². The van der Waals surface area contributed by atoms with Gasteiger partial charge in [0.1, 0.15) is 34.9 Å². The van der Waals surface area contributed by atoms with E-state index >= 15 is 0 Å². The Bertz CT molecular complexity index is 2270. The molecule has 0 spiro atoms. The minimum atomic E-state index is -2.51. The Morgan fingerprint density at radius 2 is 1.40 bits per heavy atom. The number of hydrogen-bond donors (Lipinski definition) is 5. The van der Waals surface area contributed by atoms with Crippen molar-refractivity contribution < 1.29 is 92.3 Å². The SMILES string of the molecule is CO[C@H]1C[C@@H]2CC[C@@H](C)[C@@](O)(O2)C(=O)C(=O)N2CCCC[C@H]2C(=O)O[C@H]([C@H](C)C[C@@H]2CC[C@@H](OC(=O)C(C)(CO)CO)[C@H](OC)C2)CC(=O)[C@H](C)C=C(C)[C@@H](OC(=O)C(C)(CO)CO)[C@@H](OC)C(=O)[C@H](C)C[C@H](C)C=CC=CC=C1C. The molecule has 1 saturated carbocycles. The second-order valence-electron chi connectivity index (χ2n) is 24.1. The number of ketones is 3. The van der Waals surface area contributed by atoms with Gasteiger partial charge in [0.15, 0.2) is 18.0 Å². The monoisotopic (exact) mass is 1150 g/mol. The van der Waals surface area contributed by atoms with Gasteiger partial charge in [-0.1, -0.05) is 71.1 Å². The molecule has 3 fully saturated rings. The largest absolute Gasteiger partial charge is 0.460 e. The number of allylic oxidation sites excluding steroid dienone is 6. The molecule has 1 aliphatic carbocycles. The van der Waals surface area contributed by atoms with Gasteiger partial charge in [-0.2, -0.15) is 0 Å². The number of Topliss-reactive ketones (excluding diaryl/α,β-unsaturated/α-hetero) is 3. The van der Waals surface area contributed by atoms with E-state index in [1.165, 1.54) is 34.1 Å². The number of esters is 3. The minimum Gasteiger partial charge on any atom is -0.460 e.